The molecule has 0 spiro atoms. The SMILES string of the molecule is CCCCCCCCCCCCCCCCCCCCC(=O)OC(COCCCCCCCCCCCCCCCCC)COP(=O)(O)OCC[N+](C)(C)C. The third kappa shape index (κ3) is 44.4. The first kappa shape index (κ1) is 54.5. The molecule has 0 rings (SSSR count). The van der Waals surface area contributed by atoms with E-state index in [1.54, 1.807) is 0 Å². The third-order valence-corrected chi connectivity index (χ3v) is 11.7. The minimum Gasteiger partial charge on any atom is -0.457 e. The van der Waals surface area contributed by atoms with Crippen LogP contribution in [-0.2, 0) is 27.9 Å². The van der Waals surface area contributed by atoms with E-state index in [1.807, 2.05) is 21.1 Å². The lowest BCUT2D eigenvalue weighted by Gasteiger charge is -2.24. The van der Waals surface area contributed by atoms with Gasteiger partial charge in [-0.3, -0.25) is 13.8 Å². The average Bonchev–Trinajstić information content (AvgIpc) is 3.13. The molecule has 9 heteroatoms. The van der Waals surface area contributed by atoms with Gasteiger partial charge >= 0.3 is 13.8 Å². The summed E-state index contributed by atoms with van der Waals surface area (Å²) in [6.45, 7) is 5.69. The molecule has 0 aliphatic heterocycles. The van der Waals surface area contributed by atoms with Crippen LogP contribution in [0.25, 0.3) is 0 Å². The highest BCUT2D eigenvalue weighted by Gasteiger charge is 2.26. The van der Waals surface area contributed by atoms with Gasteiger partial charge in [-0.1, -0.05) is 213 Å². The van der Waals surface area contributed by atoms with Gasteiger partial charge in [0, 0.05) is 13.0 Å². The lowest BCUT2D eigenvalue weighted by molar-refractivity contribution is -0.870. The Morgan fingerprint density at radius 2 is 0.836 bits per heavy atom. The molecule has 0 amide bonds. The maximum absolute atomic E-state index is 12.7. The standard InChI is InChI=1S/C46H94NO7P/c1-6-8-10-12-14-16-18-20-22-23-24-25-27-29-31-33-35-37-39-46(48)54-45(44-53-55(49,50)52-42-40-47(3,4)5)43-51-41-38-36-34-32-30-28-26-21-19-17-15-13-11-9-7-2/h45H,6-44H2,1-5H3/p+1. The number of esters is 1. The van der Waals surface area contributed by atoms with Crippen LogP contribution in [0, 0.1) is 0 Å². The zero-order chi connectivity index (χ0) is 40.6. The molecule has 55 heavy (non-hydrogen) atoms. The normalized spacial score (nSPS) is 13.6. The van der Waals surface area contributed by atoms with Crippen molar-refractivity contribution in [1.82, 2.24) is 0 Å². The molecule has 0 saturated heterocycles. The average molecular weight is 805 g/mol. The van der Waals surface area contributed by atoms with Crippen molar-refractivity contribution in [2.45, 2.75) is 238 Å². The predicted molar refractivity (Wildman–Crippen MR) is 234 cm³/mol. The number of quaternary nitrogens is 1. The fraction of sp³-hybridized carbons (Fsp3) is 0.978. The summed E-state index contributed by atoms with van der Waals surface area (Å²) >= 11 is 0. The first-order valence-corrected chi connectivity index (χ1v) is 25.3. The molecule has 0 radical (unpaired) electrons. The molecule has 0 saturated carbocycles. The minimum absolute atomic E-state index is 0.0940. The van der Waals surface area contributed by atoms with Crippen LogP contribution in [-0.4, -0.2) is 75.6 Å². The highest BCUT2D eigenvalue weighted by molar-refractivity contribution is 7.47. The van der Waals surface area contributed by atoms with E-state index in [0.29, 0.717) is 24.1 Å². The zero-order valence-electron chi connectivity index (χ0n) is 37.4. The second-order valence-corrected chi connectivity index (χ2v) is 19.0. The van der Waals surface area contributed by atoms with E-state index >= 15 is 0 Å². The van der Waals surface area contributed by atoms with Gasteiger partial charge in [-0.2, -0.15) is 0 Å². The third-order valence-electron chi connectivity index (χ3n) is 10.7. The second kappa shape index (κ2) is 40.3. The van der Waals surface area contributed by atoms with Crippen molar-refractivity contribution in [2.24, 2.45) is 0 Å². The molecule has 2 atom stereocenters. The zero-order valence-corrected chi connectivity index (χ0v) is 38.3. The summed E-state index contributed by atoms with van der Waals surface area (Å²) in [6.07, 6.45) is 42.7. The Balaban J connectivity index is 4.13. The molecule has 0 bridgehead atoms. The van der Waals surface area contributed by atoms with Gasteiger partial charge < -0.3 is 18.9 Å². The molecule has 8 nitrogen and oxygen atoms in total. The van der Waals surface area contributed by atoms with Crippen LogP contribution in [0.1, 0.15) is 232 Å². The molecule has 1 N–H and O–H groups in total. The fourth-order valence-corrected chi connectivity index (χ4v) is 7.71. The topological polar surface area (TPSA) is 91.3 Å². The lowest BCUT2D eigenvalue weighted by atomic mass is 10.0. The number of carbonyl (C=O) groups is 1. The van der Waals surface area contributed by atoms with Crippen molar-refractivity contribution < 1.29 is 37.3 Å². The number of phosphoric acid groups is 1. The van der Waals surface area contributed by atoms with Crippen molar-refractivity contribution in [2.75, 3.05) is 54.1 Å². The van der Waals surface area contributed by atoms with E-state index in [0.717, 1.165) is 32.1 Å². The summed E-state index contributed by atoms with van der Waals surface area (Å²) < 4.78 is 35.1. The number of rotatable bonds is 45. The van der Waals surface area contributed by atoms with Gasteiger partial charge in [-0.15, -0.1) is 0 Å². The first-order chi connectivity index (χ1) is 26.6. The summed E-state index contributed by atoms with van der Waals surface area (Å²) in [6, 6.07) is 0. The summed E-state index contributed by atoms with van der Waals surface area (Å²) in [4.78, 5) is 22.9. The van der Waals surface area contributed by atoms with Gasteiger partial charge in [-0.05, 0) is 12.8 Å². The number of hydrogen-bond donors (Lipinski definition) is 1. The van der Waals surface area contributed by atoms with Gasteiger partial charge in [0.15, 0.2) is 0 Å². The van der Waals surface area contributed by atoms with Crippen LogP contribution in [0.2, 0.25) is 0 Å². The largest absolute Gasteiger partial charge is 0.472 e. The number of ether oxygens (including phenoxy) is 2. The Bertz CT molecular complexity index is 853. The lowest BCUT2D eigenvalue weighted by Crippen LogP contribution is -2.37. The molecule has 0 aliphatic rings. The van der Waals surface area contributed by atoms with Crippen LogP contribution in [0.3, 0.4) is 0 Å². The number of hydrogen-bond acceptors (Lipinski definition) is 6. The first-order valence-electron chi connectivity index (χ1n) is 23.8. The number of carbonyl (C=O) groups excluding carboxylic acids is 1. The van der Waals surface area contributed by atoms with Crippen LogP contribution < -0.4 is 0 Å². The summed E-state index contributed by atoms with van der Waals surface area (Å²) in [5, 5.41) is 0. The molecule has 0 aromatic carbocycles. The Kier molecular flexibility index (Phi) is 39.9. The molecule has 330 valence electrons. The number of likely N-dealkylation sites (N-methyl/N-ethyl adjacent to an activating group) is 1. The summed E-state index contributed by atoms with van der Waals surface area (Å²) in [5.74, 6) is -0.306. The Morgan fingerprint density at radius 3 is 1.20 bits per heavy atom. The summed E-state index contributed by atoms with van der Waals surface area (Å²) in [5.41, 5.74) is 0. The van der Waals surface area contributed by atoms with Crippen LogP contribution in [0.4, 0.5) is 0 Å². The highest BCUT2D eigenvalue weighted by atomic mass is 31.2. The van der Waals surface area contributed by atoms with Crippen LogP contribution >= 0.6 is 7.82 Å². The number of unbranched alkanes of at least 4 members (excludes halogenated alkanes) is 31. The molecule has 0 fully saturated rings. The van der Waals surface area contributed by atoms with E-state index in [1.165, 1.54) is 180 Å². The van der Waals surface area contributed by atoms with E-state index in [2.05, 4.69) is 13.8 Å². The number of phosphoric ester groups is 1. The van der Waals surface area contributed by atoms with Crippen molar-refractivity contribution in [1.29, 1.82) is 0 Å². The predicted octanol–water partition coefficient (Wildman–Crippen LogP) is 14.1. The maximum atomic E-state index is 12.7. The van der Waals surface area contributed by atoms with Crippen molar-refractivity contribution >= 4 is 13.8 Å². The van der Waals surface area contributed by atoms with Gasteiger partial charge in [0.05, 0.1) is 34.4 Å². The minimum atomic E-state index is -4.27. The molecule has 0 aromatic rings. The smallest absolute Gasteiger partial charge is 0.457 e. The van der Waals surface area contributed by atoms with E-state index < -0.39 is 13.9 Å². The van der Waals surface area contributed by atoms with E-state index in [9.17, 15) is 14.3 Å². The van der Waals surface area contributed by atoms with E-state index in [-0.39, 0.29) is 25.8 Å². The van der Waals surface area contributed by atoms with Gasteiger partial charge in [0.1, 0.15) is 19.3 Å². The van der Waals surface area contributed by atoms with Gasteiger partial charge in [0.2, 0.25) is 0 Å². The molecule has 0 aromatic heterocycles. The highest BCUT2D eigenvalue weighted by Crippen LogP contribution is 2.43. The molecular formula is C46H95NO7P+. The molecular weight excluding hydrogens is 709 g/mol. The van der Waals surface area contributed by atoms with E-state index in [4.69, 9.17) is 18.5 Å². The Labute approximate surface area is 342 Å². The Hall–Kier alpha value is -0.500. The monoisotopic (exact) mass is 805 g/mol. The van der Waals surface area contributed by atoms with Crippen LogP contribution in [0.5, 0.6) is 0 Å². The quantitative estimate of drug-likeness (QED) is 0.0284. The number of nitrogens with zero attached hydrogens (tertiary/aromatic N) is 1. The fourth-order valence-electron chi connectivity index (χ4n) is 6.97. The van der Waals surface area contributed by atoms with Crippen molar-refractivity contribution in [3.63, 3.8) is 0 Å². The second-order valence-electron chi connectivity index (χ2n) is 17.5. The molecule has 2 unspecified atom stereocenters. The van der Waals surface area contributed by atoms with Gasteiger partial charge in [0.25, 0.3) is 0 Å². The molecule has 0 aliphatic carbocycles. The van der Waals surface area contributed by atoms with Crippen molar-refractivity contribution in [3.8, 4) is 0 Å². The molecule has 0 heterocycles. The Morgan fingerprint density at radius 1 is 0.491 bits per heavy atom. The van der Waals surface area contributed by atoms with Crippen molar-refractivity contribution in [3.05, 3.63) is 0 Å². The van der Waals surface area contributed by atoms with Crippen LogP contribution in [0.15, 0.2) is 0 Å². The summed E-state index contributed by atoms with van der Waals surface area (Å²) in [7, 11) is 1.69. The van der Waals surface area contributed by atoms with Gasteiger partial charge in [-0.25, -0.2) is 4.57 Å². The maximum Gasteiger partial charge on any atom is 0.472 e.